The van der Waals surface area contributed by atoms with Crippen LogP contribution < -0.4 is 0 Å². The van der Waals surface area contributed by atoms with E-state index in [9.17, 15) is 15.0 Å². The maximum atomic E-state index is 11.2. The predicted molar refractivity (Wildman–Crippen MR) is 97.6 cm³/mol. The van der Waals surface area contributed by atoms with Crippen LogP contribution in [0.25, 0.3) is 0 Å². The molecule has 6 nitrogen and oxygen atoms in total. The van der Waals surface area contributed by atoms with E-state index in [4.69, 9.17) is 14.2 Å². The number of fused-ring (bicyclic) bond motifs is 1. The first-order chi connectivity index (χ1) is 12.6. The molecule has 2 fully saturated rings. The predicted octanol–water partition coefficient (Wildman–Crippen LogP) is 3.08. The van der Waals surface area contributed by atoms with Crippen molar-refractivity contribution >= 4 is 5.97 Å². The minimum atomic E-state index is -1.32. The highest BCUT2D eigenvalue weighted by molar-refractivity contribution is 5.78. The molecule has 2 aliphatic rings. The van der Waals surface area contributed by atoms with Gasteiger partial charge in [-0.05, 0) is 6.42 Å². The first-order valence-corrected chi connectivity index (χ1v) is 10.5. The van der Waals surface area contributed by atoms with Crippen LogP contribution in [0.2, 0.25) is 0 Å². The second-order valence-electron chi connectivity index (χ2n) is 7.57. The lowest BCUT2D eigenvalue weighted by Crippen LogP contribution is -2.33. The Labute approximate surface area is 157 Å². The molecule has 0 aromatic rings. The normalized spacial score (nSPS) is 30.6. The van der Waals surface area contributed by atoms with Crippen molar-refractivity contribution < 1.29 is 29.2 Å². The van der Waals surface area contributed by atoms with Crippen LogP contribution in [0.15, 0.2) is 0 Å². The van der Waals surface area contributed by atoms with Crippen LogP contribution >= 0.6 is 0 Å². The molecule has 0 saturated carbocycles. The smallest absolute Gasteiger partial charge is 0.338 e. The summed E-state index contributed by atoms with van der Waals surface area (Å²) in [5.41, 5.74) is 0. The average Bonchev–Trinajstić information content (AvgIpc) is 3.09. The Morgan fingerprint density at radius 1 is 0.846 bits per heavy atom. The summed E-state index contributed by atoms with van der Waals surface area (Å²) >= 11 is 0. The minimum absolute atomic E-state index is 0.503. The van der Waals surface area contributed by atoms with Gasteiger partial charge >= 0.3 is 5.97 Å². The average molecular weight is 373 g/mol. The number of carbonyl (C=O) groups excluding carboxylic acids is 1. The SMILES string of the molecule is CCCCCCCCCCCCCCOC1O[C@H]2[C@H](OC(=O)[C@@H]2O)[C@@H]1O. The van der Waals surface area contributed by atoms with Crippen molar-refractivity contribution in [1.82, 2.24) is 0 Å². The van der Waals surface area contributed by atoms with Gasteiger partial charge in [0.25, 0.3) is 0 Å². The first kappa shape index (κ1) is 21.6. The van der Waals surface area contributed by atoms with Gasteiger partial charge in [0.05, 0.1) is 0 Å². The number of esters is 1. The van der Waals surface area contributed by atoms with Crippen LogP contribution in [0.4, 0.5) is 0 Å². The van der Waals surface area contributed by atoms with E-state index in [1.54, 1.807) is 0 Å². The third-order valence-electron chi connectivity index (χ3n) is 5.32. The lowest BCUT2D eigenvalue weighted by atomic mass is 10.1. The van der Waals surface area contributed by atoms with Crippen molar-refractivity contribution in [3.8, 4) is 0 Å². The van der Waals surface area contributed by atoms with E-state index in [0.717, 1.165) is 12.8 Å². The molecule has 2 rings (SSSR count). The molecule has 0 radical (unpaired) electrons. The van der Waals surface area contributed by atoms with E-state index in [0.29, 0.717) is 6.61 Å². The molecule has 0 bridgehead atoms. The zero-order chi connectivity index (χ0) is 18.8. The van der Waals surface area contributed by atoms with E-state index in [1.165, 1.54) is 64.2 Å². The fourth-order valence-electron chi connectivity index (χ4n) is 3.67. The van der Waals surface area contributed by atoms with Gasteiger partial charge < -0.3 is 24.4 Å². The van der Waals surface area contributed by atoms with Crippen molar-refractivity contribution in [2.24, 2.45) is 0 Å². The zero-order valence-electron chi connectivity index (χ0n) is 16.1. The fourth-order valence-corrected chi connectivity index (χ4v) is 3.67. The van der Waals surface area contributed by atoms with Crippen LogP contribution in [0.5, 0.6) is 0 Å². The van der Waals surface area contributed by atoms with Crippen molar-refractivity contribution in [3.63, 3.8) is 0 Å². The lowest BCUT2D eigenvalue weighted by molar-refractivity contribution is -0.187. The number of aliphatic hydroxyl groups excluding tert-OH is 2. The molecule has 6 heteroatoms. The Morgan fingerprint density at radius 2 is 1.38 bits per heavy atom. The molecule has 2 aliphatic heterocycles. The summed E-state index contributed by atoms with van der Waals surface area (Å²) in [5.74, 6) is -0.738. The van der Waals surface area contributed by atoms with Gasteiger partial charge in [-0.25, -0.2) is 4.79 Å². The lowest BCUT2D eigenvalue weighted by Gasteiger charge is -2.17. The van der Waals surface area contributed by atoms with Gasteiger partial charge in [0.2, 0.25) is 0 Å². The second kappa shape index (κ2) is 11.9. The van der Waals surface area contributed by atoms with Crippen molar-refractivity contribution in [2.45, 2.75) is 115 Å². The highest BCUT2D eigenvalue weighted by atomic mass is 16.7. The third kappa shape index (κ3) is 6.48. The summed E-state index contributed by atoms with van der Waals surface area (Å²) in [6, 6.07) is 0. The zero-order valence-corrected chi connectivity index (χ0v) is 16.1. The number of hydrogen-bond donors (Lipinski definition) is 2. The topological polar surface area (TPSA) is 85.2 Å². The standard InChI is InChI=1S/C20H36O6/c1-2-3-4-5-6-7-8-9-10-11-12-13-14-24-20-16(22)18-17(26-20)15(21)19(23)25-18/h15-18,20-22H,2-14H2,1H3/t15-,16+,17-,18-,20?/m1/s1. The highest BCUT2D eigenvalue weighted by Crippen LogP contribution is 2.32. The van der Waals surface area contributed by atoms with Crippen molar-refractivity contribution in [3.05, 3.63) is 0 Å². The van der Waals surface area contributed by atoms with Gasteiger partial charge in [0.1, 0.15) is 12.2 Å². The van der Waals surface area contributed by atoms with E-state index >= 15 is 0 Å². The molecule has 2 saturated heterocycles. The van der Waals surface area contributed by atoms with Crippen LogP contribution in [0, 0.1) is 0 Å². The van der Waals surface area contributed by atoms with Crippen LogP contribution in [0.1, 0.15) is 84.0 Å². The minimum Gasteiger partial charge on any atom is -0.454 e. The Bertz CT molecular complexity index is 402. The number of aliphatic hydroxyl groups is 2. The van der Waals surface area contributed by atoms with Gasteiger partial charge in [0, 0.05) is 6.61 Å². The quantitative estimate of drug-likeness (QED) is 0.360. The van der Waals surface area contributed by atoms with Crippen molar-refractivity contribution in [2.75, 3.05) is 6.61 Å². The molecule has 0 aliphatic carbocycles. The largest absolute Gasteiger partial charge is 0.454 e. The summed E-state index contributed by atoms with van der Waals surface area (Å²) in [6.07, 6.45) is 10.5. The summed E-state index contributed by atoms with van der Waals surface area (Å²) in [7, 11) is 0. The molecule has 2 N–H and O–H groups in total. The Kier molecular flexibility index (Phi) is 9.89. The van der Waals surface area contributed by atoms with Gasteiger partial charge in [-0.2, -0.15) is 0 Å². The number of hydrogen-bond acceptors (Lipinski definition) is 6. The number of unbranched alkanes of at least 4 members (excludes halogenated alkanes) is 11. The molecule has 0 aromatic carbocycles. The van der Waals surface area contributed by atoms with Gasteiger partial charge in [-0.15, -0.1) is 0 Å². The molecule has 2 heterocycles. The molecule has 26 heavy (non-hydrogen) atoms. The molecule has 5 atom stereocenters. The summed E-state index contributed by atoms with van der Waals surface area (Å²) in [6.45, 7) is 2.75. The Balaban J connectivity index is 1.39. The summed E-state index contributed by atoms with van der Waals surface area (Å²) in [5, 5.41) is 19.7. The number of ether oxygens (including phenoxy) is 3. The monoisotopic (exact) mass is 372 g/mol. The van der Waals surface area contributed by atoms with Crippen molar-refractivity contribution in [1.29, 1.82) is 0 Å². The number of rotatable bonds is 14. The van der Waals surface area contributed by atoms with E-state index in [1.807, 2.05) is 0 Å². The molecule has 152 valence electrons. The Morgan fingerprint density at radius 3 is 1.92 bits per heavy atom. The van der Waals surface area contributed by atoms with Gasteiger partial charge in [0.15, 0.2) is 18.5 Å². The van der Waals surface area contributed by atoms with Crippen LogP contribution in [-0.2, 0) is 19.0 Å². The van der Waals surface area contributed by atoms with E-state index < -0.39 is 36.7 Å². The molecule has 0 spiro atoms. The number of carbonyl (C=O) groups is 1. The van der Waals surface area contributed by atoms with Gasteiger partial charge in [-0.3, -0.25) is 0 Å². The first-order valence-electron chi connectivity index (χ1n) is 10.5. The molecular weight excluding hydrogens is 336 g/mol. The summed E-state index contributed by atoms with van der Waals surface area (Å²) < 4.78 is 15.9. The van der Waals surface area contributed by atoms with E-state index in [-0.39, 0.29) is 0 Å². The fraction of sp³-hybridized carbons (Fsp3) is 0.950. The van der Waals surface area contributed by atoms with Crippen LogP contribution in [-0.4, -0.2) is 53.5 Å². The highest BCUT2D eigenvalue weighted by Gasteiger charge is 2.56. The van der Waals surface area contributed by atoms with E-state index in [2.05, 4.69) is 6.92 Å². The molecular formula is C20H36O6. The Hall–Kier alpha value is -0.690. The molecule has 0 amide bonds. The molecule has 0 aromatic heterocycles. The third-order valence-corrected chi connectivity index (χ3v) is 5.32. The van der Waals surface area contributed by atoms with Crippen LogP contribution in [0.3, 0.4) is 0 Å². The van der Waals surface area contributed by atoms with Gasteiger partial charge in [-0.1, -0.05) is 77.6 Å². The maximum absolute atomic E-state index is 11.2. The maximum Gasteiger partial charge on any atom is 0.338 e. The second-order valence-corrected chi connectivity index (χ2v) is 7.57. The molecule has 1 unspecified atom stereocenters. The summed E-state index contributed by atoms with van der Waals surface area (Å²) in [4.78, 5) is 11.2.